The van der Waals surface area contributed by atoms with Gasteiger partial charge in [-0.05, 0) is 51.2 Å². The highest BCUT2D eigenvalue weighted by Gasteiger charge is 2.33. The lowest BCUT2D eigenvalue weighted by atomic mass is 9.93. The Morgan fingerprint density at radius 2 is 1.88 bits per heavy atom. The second kappa shape index (κ2) is 5.02. The lowest BCUT2D eigenvalue weighted by Gasteiger charge is -2.35. The molecule has 1 atom stereocenters. The molecule has 4 nitrogen and oxygen atoms in total. The smallest absolute Gasteiger partial charge is 0.151 e. The van der Waals surface area contributed by atoms with E-state index in [1.165, 1.54) is 12.8 Å². The van der Waals surface area contributed by atoms with Crippen LogP contribution in [-0.2, 0) is 9.84 Å². The Hall–Kier alpha value is -0.130. The van der Waals surface area contributed by atoms with E-state index in [-0.39, 0.29) is 0 Å². The molecule has 2 rings (SSSR count). The summed E-state index contributed by atoms with van der Waals surface area (Å²) in [4.78, 5) is 2.37. The molecule has 2 heterocycles. The van der Waals surface area contributed by atoms with Crippen LogP contribution in [-0.4, -0.2) is 50.5 Å². The molecule has 0 spiro atoms. The average molecular weight is 246 g/mol. The van der Waals surface area contributed by atoms with Crippen LogP contribution in [0, 0.1) is 5.92 Å². The monoisotopic (exact) mass is 246 g/mol. The van der Waals surface area contributed by atoms with Crippen molar-refractivity contribution in [2.45, 2.75) is 31.7 Å². The molecule has 5 heteroatoms. The molecular weight excluding hydrogens is 224 g/mol. The van der Waals surface area contributed by atoms with E-state index < -0.39 is 9.84 Å². The SMILES string of the molecule is NCCC1CCN(C2CCS(=O)(=O)C2)CC1. The van der Waals surface area contributed by atoms with Crippen LogP contribution in [0.15, 0.2) is 0 Å². The molecule has 2 aliphatic heterocycles. The van der Waals surface area contributed by atoms with E-state index in [4.69, 9.17) is 5.73 Å². The fourth-order valence-electron chi connectivity index (χ4n) is 2.91. The van der Waals surface area contributed by atoms with Gasteiger partial charge in [-0.3, -0.25) is 4.90 Å². The molecule has 0 aromatic carbocycles. The van der Waals surface area contributed by atoms with Gasteiger partial charge in [0.25, 0.3) is 0 Å². The first-order valence-corrected chi connectivity index (χ1v) is 8.07. The number of nitrogens with zero attached hydrogens (tertiary/aromatic N) is 1. The molecule has 2 N–H and O–H groups in total. The molecule has 0 radical (unpaired) electrons. The number of sulfone groups is 1. The molecule has 0 bridgehead atoms. The van der Waals surface area contributed by atoms with Crippen molar-refractivity contribution >= 4 is 9.84 Å². The van der Waals surface area contributed by atoms with E-state index in [1.807, 2.05) is 0 Å². The summed E-state index contributed by atoms with van der Waals surface area (Å²) in [6, 6.07) is 0.295. The second-order valence-corrected chi connectivity index (χ2v) is 7.34. The van der Waals surface area contributed by atoms with Gasteiger partial charge in [0.05, 0.1) is 11.5 Å². The van der Waals surface area contributed by atoms with Crippen LogP contribution in [0.2, 0.25) is 0 Å². The Bertz CT molecular complexity index is 321. The highest BCUT2D eigenvalue weighted by Crippen LogP contribution is 2.25. The number of likely N-dealkylation sites (tertiary alicyclic amines) is 1. The van der Waals surface area contributed by atoms with Crippen molar-refractivity contribution in [1.82, 2.24) is 4.90 Å². The zero-order chi connectivity index (χ0) is 11.6. The zero-order valence-corrected chi connectivity index (χ0v) is 10.6. The lowest BCUT2D eigenvalue weighted by Crippen LogP contribution is -2.42. The Labute approximate surface area is 98.1 Å². The maximum Gasteiger partial charge on any atom is 0.151 e. The minimum atomic E-state index is -2.73. The molecule has 0 aromatic heterocycles. The summed E-state index contributed by atoms with van der Waals surface area (Å²) < 4.78 is 22.8. The van der Waals surface area contributed by atoms with E-state index in [9.17, 15) is 8.42 Å². The van der Waals surface area contributed by atoms with Crippen molar-refractivity contribution in [1.29, 1.82) is 0 Å². The third-order valence-corrected chi connectivity index (χ3v) is 5.70. The molecule has 2 saturated heterocycles. The summed E-state index contributed by atoms with van der Waals surface area (Å²) in [5, 5.41) is 0. The number of hydrogen-bond acceptors (Lipinski definition) is 4. The van der Waals surface area contributed by atoms with E-state index in [0.717, 1.165) is 38.4 Å². The van der Waals surface area contributed by atoms with Crippen LogP contribution in [0.5, 0.6) is 0 Å². The van der Waals surface area contributed by atoms with Gasteiger partial charge >= 0.3 is 0 Å². The molecule has 0 saturated carbocycles. The minimum Gasteiger partial charge on any atom is -0.330 e. The summed E-state index contributed by atoms with van der Waals surface area (Å²) in [5.41, 5.74) is 5.56. The molecular formula is C11H22N2O2S. The van der Waals surface area contributed by atoms with Crippen LogP contribution in [0.1, 0.15) is 25.7 Å². The fraction of sp³-hybridized carbons (Fsp3) is 1.00. The normalized spacial score (nSPS) is 31.9. The van der Waals surface area contributed by atoms with Crippen molar-refractivity contribution in [3.05, 3.63) is 0 Å². The molecule has 1 unspecified atom stereocenters. The largest absolute Gasteiger partial charge is 0.330 e. The highest BCUT2D eigenvalue weighted by atomic mass is 32.2. The Morgan fingerprint density at radius 3 is 2.38 bits per heavy atom. The predicted octanol–water partition coefficient (Wildman–Crippen LogP) is 0.234. The van der Waals surface area contributed by atoms with Crippen molar-refractivity contribution in [3.8, 4) is 0 Å². The first-order chi connectivity index (χ1) is 7.61. The number of nitrogens with two attached hydrogens (primary N) is 1. The fourth-order valence-corrected chi connectivity index (χ4v) is 4.67. The predicted molar refractivity (Wildman–Crippen MR) is 65.0 cm³/mol. The van der Waals surface area contributed by atoms with Gasteiger partial charge in [0.15, 0.2) is 9.84 Å². The molecule has 94 valence electrons. The van der Waals surface area contributed by atoms with Gasteiger partial charge in [0.2, 0.25) is 0 Å². The number of piperidine rings is 1. The van der Waals surface area contributed by atoms with Crippen LogP contribution < -0.4 is 5.73 Å². The summed E-state index contributed by atoms with van der Waals surface area (Å²) in [5.74, 6) is 1.54. The van der Waals surface area contributed by atoms with E-state index in [1.54, 1.807) is 0 Å². The Kier molecular flexibility index (Phi) is 3.87. The van der Waals surface area contributed by atoms with Gasteiger partial charge in [0.1, 0.15) is 0 Å². The lowest BCUT2D eigenvalue weighted by molar-refractivity contribution is 0.141. The Morgan fingerprint density at radius 1 is 1.19 bits per heavy atom. The molecule has 2 fully saturated rings. The summed E-state index contributed by atoms with van der Waals surface area (Å²) >= 11 is 0. The summed E-state index contributed by atoms with van der Waals surface area (Å²) in [6.07, 6.45) is 4.34. The topological polar surface area (TPSA) is 63.4 Å². The van der Waals surface area contributed by atoms with Gasteiger partial charge < -0.3 is 5.73 Å². The highest BCUT2D eigenvalue weighted by molar-refractivity contribution is 7.91. The van der Waals surface area contributed by atoms with Gasteiger partial charge in [-0.15, -0.1) is 0 Å². The quantitative estimate of drug-likeness (QED) is 0.774. The van der Waals surface area contributed by atoms with Crippen LogP contribution in [0.3, 0.4) is 0 Å². The van der Waals surface area contributed by atoms with E-state index in [2.05, 4.69) is 4.90 Å². The van der Waals surface area contributed by atoms with Crippen molar-refractivity contribution < 1.29 is 8.42 Å². The third-order valence-electron chi connectivity index (χ3n) is 3.95. The van der Waals surface area contributed by atoms with Gasteiger partial charge in [-0.2, -0.15) is 0 Å². The number of hydrogen-bond donors (Lipinski definition) is 1. The first-order valence-electron chi connectivity index (χ1n) is 6.25. The maximum atomic E-state index is 11.4. The zero-order valence-electron chi connectivity index (χ0n) is 9.77. The van der Waals surface area contributed by atoms with Crippen LogP contribution >= 0.6 is 0 Å². The van der Waals surface area contributed by atoms with Crippen LogP contribution in [0.25, 0.3) is 0 Å². The molecule has 0 aromatic rings. The van der Waals surface area contributed by atoms with Gasteiger partial charge in [0, 0.05) is 6.04 Å². The van der Waals surface area contributed by atoms with Crippen molar-refractivity contribution in [3.63, 3.8) is 0 Å². The van der Waals surface area contributed by atoms with Crippen molar-refractivity contribution in [2.24, 2.45) is 11.7 Å². The van der Waals surface area contributed by atoms with Crippen LogP contribution in [0.4, 0.5) is 0 Å². The van der Waals surface area contributed by atoms with E-state index in [0.29, 0.717) is 17.5 Å². The average Bonchev–Trinajstić information content (AvgIpc) is 2.61. The molecule has 2 aliphatic rings. The summed E-state index contributed by atoms with van der Waals surface area (Å²) in [6.45, 7) is 2.90. The summed E-state index contributed by atoms with van der Waals surface area (Å²) in [7, 11) is -2.73. The molecule has 0 amide bonds. The second-order valence-electron chi connectivity index (χ2n) is 5.11. The standard InChI is InChI=1S/C11H22N2O2S/c12-5-1-10-2-6-13(7-3-10)11-4-8-16(14,15)9-11/h10-11H,1-9,12H2. The molecule has 0 aliphatic carbocycles. The molecule has 16 heavy (non-hydrogen) atoms. The van der Waals surface area contributed by atoms with Crippen molar-refractivity contribution in [2.75, 3.05) is 31.1 Å². The van der Waals surface area contributed by atoms with E-state index >= 15 is 0 Å². The van der Waals surface area contributed by atoms with Gasteiger partial charge in [-0.1, -0.05) is 0 Å². The maximum absolute atomic E-state index is 11.4. The number of rotatable bonds is 3. The van der Waals surface area contributed by atoms with Gasteiger partial charge in [-0.25, -0.2) is 8.42 Å². The Balaban J connectivity index is 1.81. The minimum absolute atomic E-state index is 0.295. The first kappa shape index (κ1) is 12.3. The third kappa shape index (κ3) is 2.96.